The summed E-state index contributed by atoms with van der Waals surface area (Å²) in [6.45, 7) is 5.53. The van der Waals surface area contributed by atoms with Gasteiger partial charge >= 0.3 is 0 Å². The molecule has 2 aromatic carbocycles. The lowest BCUT2D eigenvalue weighted by Gasteiger charge is -2.31. The van der Waals surface area contributed by atoms with E-state index in [-0.39, 0.29) is 11.7 Å². The standard InChI is InChI=1S/C22H25NO2S/c1-15(24)18(13-16-9-11-25-12-10-16)17-7-8-22-20(14-17)23(2)19-5-3-4-6-21(19)26-22/h3-8,14,16,18,24H,1,9-13H2,2H3. The number of nitrogens with zero attached hydrogens (tertiary/aromatic N) is 1. The highest BCUT2D eigenvalue weighted by atomic mass is 32.2. The van der Waals surface area contributed by atoms with E-state index in [0.29, 0.717) is 5.92 Å². The minimum Gasteiger partial charge on any atom is -0.512 e. The number of rotatable bonds is 4. The zero-order chi connectivity index (χ0) is 18.1. The molecule has 1 fully saturated rings. The van der Waals surface area contributed by atoms with Crippen LogP contribution in [0.25, 0.3) is 0 Å². The Morgan fingerprint density at radius 2 is 1.92 bits per heavy atom. The van der Waals surface area contributed by atoms with Gasteiger partial charge in [0.2, 0.25) is 0 Å². The van der Waals surface area contributed by atoms with E-state index in [1.165, 1.54) is 21.2 Å². The Hall–Kier alpha value is -1.91. The molecule has 1 N–H and O–H groups in total. The number of benzene rings is 2. The van der Waals surface area contributed by atoms with Crippen LogP contribution in [0.1, 0.15) is 30.7 Å². The minimum atomic E-state index is -0.0148. The van der Waals surface area contributed by atoms with Gasteiger partial charge in [0.05, 0.1) is 17.1 Å². The summed E-state index contributed by atoms with van der Waals surface area (Å²) < 4.78 is 5.47. The van der Waals surface area contributed by atoms with Crippen molar-refractivity contribution in [1.29, 1.82) is 0 Å². The van der Waals surface area contributed by atoms with Crippen LogP contribution < -0.4 is 4.90 Å². The van der Waals surface area contributed by atoms with E-state index in [4.69, 9.17) is 4.74 Å². The number of hydrogen-bond acceptors (Lipinski definition) is 4. The Labute approximate surface area is 159 Å². The number of para-hydroxylation sites is 1. The SMILES string of the molecule is C=C(O)C(CC1CCOCC1)c1ccc2c(c1)N(C)c1ccccc1S2. The number of fused-ring (bicyclic) bond motifs is 2. The molecule has 0 spiro atoms. The Kier molecular flexibility index (Phi) is 4.96. The van der Waals surface area contributed by atoms with Crippen molar-refractivity contribution in [3.8, 4) is 0 Å². The average Bonchev–Trinajstić information content (AvgIpc) is 2.67. The molecular weight excluding hydrogens is 342 g/mol. The largest absolute Gasteiger partial charge is 0.512 e. The molecule has 1 atom stereocenters. The summed E-state index contributed by atoms with van der Waals surface area (Å²) in [5.74, 6) is 0.837. The van der Waals surface area contributed by atoms with Gasteiger partial charge in [0.15, 0.2) is 0 Å². The molecule has 2 heterocycles. The smallest absolute Gasteiger partial charge is 0.0925 e. The van der Waals surface area contributed by atoms with Gasteiger partial charge in [-0.2, -0.15) is 0 Å². The molecule has 0 bridgehead atoms. The highest BCUT2D eigenvalue weighted by molar-refractivity contribution is 7.99. The van der Waals surface area contributed by atoms with Crippen molar-refractivity contribution in [2.24, 2.45) is 5.92 Å². The number of ether oxygens (including phenoxy) is 1. The van der Waals surface area contributed by atoms with Crippen molar-refractivity contribution in [1.82, 2.24) is 0 Å². The fourth-order valence-electron chi connectivity index (χ4n) is 3.95. The zero-order valence-corrected chi connectivity index (χ0v) is 16.0. The van der Waals surface area contributed by atoms with Crippen LogP contribution in [0.5, 0.6) is 0 Å². The molecule has 0 aromatic heterocycles. The number of aliphatic hydroxyl groups excluding tert-OH is 1. The van der Waals surface area contributed by atoms with Crippen LogP contribution in [0.15, 0.2) is 64.6 Å². The number of aliphatic hydroxyl groups is 1. The topological polar surface area (TPSA) is 32.7 Å². The quantitative estimate of drug-likeness (QED) is 0.683. The first-order valence-corrected chi connectivity index (χ1v) is 10.0. The molecule has 0 saturated carbocycles. The van der Waals surface area contributed by atoms with E-state index in [1.54, 1.807) is 0 Å². The summed E-state index contributed by atoms with van der Waals surface area (Å²) in [7, 11) is 2.11. The highest BCUT2D eigenvalue weighted by Crippen LogP contribution is 2.48. The molecule has 2 aromatic rings. The number of allylic oxidation sites excluding steroid dienone is 1. The maximum absolute atomic E-state index is 10.3. The Morgan fingerprint density at radius 1 is 1.19 bits per heavy atom. The lowest BCUT2D eigenvalue weighted by atomic mass is 9.84. The third-order valence-corrected chi connectivity index (χ3v) is 6.64. The molecule has 4 rings (SSSR count). The predicted molar refractivity (Wildman–Crippen MR) is 108 cm³/mol. The maximum atomic E-state index is 10.3. The van der Waals surface area contributed by atoms with Crippen molar-refractivity contribution in [3.05, 3.63) is 60.4 Å². The van der Waals surface area contributed by atoms with Gasteiger partial charge in [-0.15, -0.1) is 0 Å². The lowest BCUT2D eigenvalue weighted by Crippen LogP contribution is -2.19. The third-order valence-electron chi connectivity index (χ3n) is 5.51. The summed E-state index contributed by atoms with van der Waals surface area (Å²) in [4.78, 5) is 4.78. The Bertz CT molecular complexity index is 814. The van der Waals surface area contributed by atoms with Gasteiger partial charge < -0.3 is 14.7 Å². The second kappa shape index (κ2) is 7.37. The maximum Gasteiger partial charge on any atom is 0.0925 e. The van der Waals surface area contributed by atoms with Gasteiger partial charge in [-0.25, -0.2) is 0 Å². The molecule has 2 aliphatic rings. The number of anilines is 2. The first-order valence-electron chi connectivity index (χ1n) is 9.23. The van der Waals surface area contributed by atoms with Gasteiger partial charge in [0.1, 0.15) is 0 Å². The fourth-order valence-corrected chi connectivity index (χ4v) is 5.08. The summed E-state index contributed by atoms with van der Waals surface area (Å²) in [6.07, 6.45) is 3.07. The van der Waals surface area contributed by atoms with Crippen LogP contribution in [0.2, 0.25) is 0 Å². The monoisotopic (exact) mass is 367 g/mol. The first kappa shape index (κ1) is 17.5. The Balaban J connectivity index is 1.63. The van der Waals surface area contributed by atoms with E-state index in [0.717, 1.165) is 38.0 Å². The van der Waals surface area contributed by atoms with E-state index in [2.05, 4.69) is 61.0 Å². The van der Waals surface area contributed by atoms with Crippen LogP contribution in [0.4, 0.5) is 11.4 Å². The third kappa shape index (κ3) is 3.36. The molecule has 0 radical (unpaired) electrons. The summed E-state index contributed by atoms with van der Waals surface area (Å²) in [6, 6.07) is 15.0. The summed E-state index contributed by atoms with van der Waals surface area (Å²) in [5, 5.41) is 10.3. The normalized spacial score (nSPS) is 18.1. The van der Waals surface area contributed by atoms with Gasteiger partial charge in [0.25, 0.3) is 0 Å². The van der Waals surface area contributed by atoms with Crippen LogP contribution >= 0.6 is 11.8 Å². The molecule has 0 amide bonds. The molecule has 26 heavy (non-hydrogen) atoms. The van der Waals surface area contributed by atoms with Gasteiger partial charge in [-0.05, 0) is 55.0 Å². The fraction of sp³-hybridized carbons (Fsp3) is 0.364. The Morgan fingerprint density at radius 3 is 2.69 bits per heavy atom. The van der Waals surface area contributed by atoms with Crippen LogP contribution in [0, 0.1) is 5.92 Å². The van der Waals surface area contributed by atoms with Crippen LogP contribution in [-0.4, -0.2) is 25.4 Å². The van der Waals surface area contributed by atoms with Crippen molar-refractivity contribution in [3.63, 3.8) is 0 Å². The summed E-state index contributed by atoms with van der Waals surface area (Å²) >= 11 is 1.81. The molecular formula is C22H25NO2S. The molecule has 1 saturated heterocycles. The van der Waals surface area contributed by atoms with Gasteiger partial charge in [-0.1, -0.05) is 36.5 Å². The van der Waals surface area contributed by atoms with E-state index < -0.39 is 0 Å². The lowest BCUT2D eigenvalue weighted by molar-refractivity contribution is 0.0614. The summed E-state index contributed by atoms with van der Waals surface area (Å²) in [5.41, 5.74) is 3.57. The molecule has 2 aliphatic heterocycles. The second-order valence-corrected chi connectivity index (χ2v) is 8.28. The van der Waals surface area contributed by atoms with Crippen molar-refractivity contribution < 1.29 is 9.84 Å². The second-order valence-electron chi connectivity index (χ2n) is 7.19. The number of hydrogen-bond donors (Lipinski definition) is 1. The van der Waals surface area contributed by atoms with Crippen LogP contribution in [0.3, 0.4) is 0 Å². The predicted octanol–water partition coefficient (Wildman–Crippen LogP) is 5.89. The van der Waals surface area contributed by atoms with Crippen LogP contribution in [-0.2, 0) is 4.74 Å². The molecule has 3 nitrogen and oxygen atoms in total. The van der Waals surface area contributed by atoms with Crippen molar-refractivity contribution in [2.45, 2.75) is 35.0 Å². The zero-order valence-electron chi connectivity index (χ0n) is 15.1. The minimum absolute atomic E-state index is 0.0148. The highest BCUT2D eigenvalue weighted by Gasteiger charge is 2.26. The van der Waals surface area contributed by atoms with Gasteiger partial charge in [0, 0.05) is 36.0 Å². The first-order chi connectivity index (χ1) is 12.6. The van der Waals surface area contributed by atoms with E-state index >= 15 is 0 Å². The molecule has 1 unspecified atom stereocenters. The molecule has 4 heteroatoms. The average molecular weight is 368 g/mol. The van der Waals surface area contributed by atoms with Crippen molar-refractivity contribution >= 4 is 23.1 Å². The van der Waals surface area contributed by atoms with Gasteiger partial charge in [-0.3, -0.25) is 0 Å². The molecule has 136 valence electrons. The molecule has 0 aliphatic carbocycles. The van der Waals surface area contributed by atoms with E-state index in [1.807, 2.05) is 11.8 Å². The van der Waals surface area contributed by atoms with E-state index in [9.17, 15) is 5.11 Å². The van der Waals surface area contributed by atoms with Crippen molar-refractivity contribution in [2.75, 3.05) is 25.2 Å².